The fourth-order valence-electron chi connectivity index (χ4n) is 2.08. The standard InChI is InChI=1S/C17H12N4O3/c18-10-12-9-11-5-4-8-14(22)15(11)24-16(12)20-21-17(23)19-13-6-2-1-3-7-13/h1-9,22H,(H2,19,21,23)/b20-16+. The Morgan fingerprint density at radius 2 is 1.96 bits per heavy atom. The van der Waals surface area contributed by atoms with Crippen LogP contribution in [0.5, 0.6) is 5.75 Å². The van der Waals surface area contributed by atoms with Gasteiger partial charge in [0.25, 0.3) is 5.55 Å². The number of urea groups is 1. The summed E-state index contributed by atoms with van der Waals surface area (Å²) in [6, 6.07) is 16.5. The van der Waals surface area contributed by atoms with Crippen molar-refractivity contribution in [2.45, 2.75) is 0 Å². The quantitative estimate of drug-likeness (QED) is 0.630. The molecular weight excluding hydrogens is 308 g/mol. The number of hydrogen-bond acceptors (Lipinski definition) is 5. The molecule has 2 amide bonds. The second kappa shape index (κ2) is 6.54. The van der Waals surface area contributed by atoms with E-state index in [4.69, 9.17) is 4.42 Å². The van der Waals surface area contributed by atoms with Crippen molar-refractivity contribution in [2.24, 2.45) is 5.10 Å². The number of carbonyl (C=O) groups is 1. The Labute approximate surface area is 136 Å². The zero-order chi connectivity index (χ0) is 16.9. The summed E-state index contributed by atoms with van der Waals surface area (Å²) in [5, 5.41) is 25.9. The molecule has 0 aliphatic rings. The SMILES string of the molecule is N#Cc1cc2cccc(O)c2o/c1=N/NC(=O)Nc1ccccc1. The Hall–Kier alpha value is -3.79. The summed E-state index contributed by atoms with van der Waals surface area (Å²) < 4.78 is 5.43. The van der Waals surface area contributed by atoms with E-state index in [1.807, 2.05) is 12.1 Å². The predicted molar refractivity (Wildman–Crippen MR) is 86.8 cm³/mol. The Kier molecular flexibility index (Phi) is 4.12. The van der Waals surface area contributed by atoms with E-state index in [9.17, 15) is 15.2 Å². The minimum atomic E-state index is -0.585. The lowest BCUT2D eigenvalue weighted by molar-refractivity contribution is 0.251. The first kappa shape index (κ1) is 15.1. The number of aromatic hydroxyl groups is 1. The van der Waals surface area contributed by atoms with Gasteiger partial charge in [-0.3, -0.25) is 0 Å². The van der Waals surface area contributed by atoms with E-state index in [0.29, 0.717) is 11.1 Å². The van der Waals surface area contributed by atoms with Crippen molar-refractivity contribution in [2.75, 3.05) is 5.32 Å². The van der Waals surface area contributed by atoms with Crippen molar-refractivity contribution < 1.29 is 14.3 Å². The van der Waals surface area contributed by atoms with Gasteiger partial charge in [0.2, 0.25) is 0 Å². The van der Waals surface area contributed by atoms with Crippen LogP contribution >= 0.6 is 0 Å². The maximum Gasteiger partial charge on any atom is 0.339 e. The van der Waals surface area contributed by atoms with Gasteiger partial charge in [0, 0.05) is 11.1 Å². The van der Waals surface area contributed by atoms with E-state index >= 15 is 0 Å². The summed E-state index contributed by atoms with van der Waals surface area (Å²) >= 11 is 0. The number of rotatable bonds is 2. The van der Waals surface area contributed by atoms with E-state index in [2.05, 4.69) is 15.8 Å². The van der Waals surface area contributed by atoms with Crippen LogP contribution in [-0.2, 0) is 0 Å². The van der Waals surface area contributed by atoms with Crippen LogP contribution in [0.1, 0.15) is 5.56 Å². The maximum absolute atomic E-state index is 11.8. The van der Waals surface area contributed by atoms with Crippen molar-refractivity contribution in [3.05, 3.63) is 65.7 Å². The number of phenolic OH excluding ortho intramolecular Hbond substituents is 1. The van der Waals surface area contributed by atoms with Crippen LogP contribution in [0, 0.1) is 11.3 Å². The summed E-state index contributed by atoms with van der Waals surface area (Å²) in [7, 11) is 0. The van der Waals surface area contributed by atoms with E-state index in [1.54, 1.807) is 36.4 Å². The largest absolute Gasteiger partial charge is 0.504 e. The van der Waals surface area contributed by atoms with Crippen molar-refractivity contribution in [3.8, 4) is 11.8 Å². The molecule has 0 aliphatic heterocycles. The van der Waals surface area contributed by atoms with Gasteiger partial charge in [0.1, 0.15) is 11.6 Å². The number of nitrogens with zero attached hydrogens (tertiary/aromatic N) is 2. The van der Waals surface area contributed by atoms with Crippen LogP contribution < -0.4 is 16.3 Å². The third-order valence-corrected chi connectivity index (χ3v) is 3.16. The molecule has 0 bridgehead atoms. The summed E-state index contributed by atoms with van der Waals surface area (Å²) in [6.45, 7) is 0. The van der Waals surface area contributed by atoms with Crippen molar-refractivity contribution in [1.82, 2.24) is 5.43 Å². The molecule has 0 fully saturated rings. The molecule has 0 radical (unpaired) electrons. The van der Waals surface area contributed by atoms with Gasteiger partial charge in [-0.05, 0) is 24.3 Å². The van der Waals surface area contributed by atoms with Crippen molar-refractivity contribution >= 4 is 22.7 Å². The Morgan fingerprint density at radius 1 is 1.17 bits per heavy atom. The predicted octanol–water partition coefficient (Wildman–Crippen LogP) is 2.65. The number of carbonyl (C=O) groups excluding carboxylic acids is 1. The van der Waals surface area contributed by atoms with E-state index in [-0.39, 0.29) is 22.5 Å². The van der Waals surface area contributed by atoms with E-state index in [0.717, 1.165) is 0 Å². The molecule has 0 unspecified atom stereocenters. The Morgan fingerprint density at radius 3 is 2.71 bits per heavy atom. The third kappa shape index (κ3) is 3.18. The number of fused-ring (bicyclic) bond motifs is 1. The van der Waals surface area contributed by atoms with Gasteiger partial charge in [0.05, 0.1) is 0 Å². The highest BCUT2D eigenvalue weighted by Crippen LogP contribution is 2.22. The molecule has 7 heteroatoms. The molecule has 1 aromatic heterocycles. The normalized spacial score (nSPS) is 11.0. The highest BCUT2D eigenvalue weighted by Gasteiger charge is 2.07. The molecule has 3 rings (SSSR count). The number of hydrogen-bond donors (Lipinski definition) is 3. The summed E-state index contributed by atoms with van der Waals surface area (Å²) in [6.07, 6.45) is 0. The van der Waals surface area contributed by atoms with Crippen LogP contribution in [0.25, 0.3) is 11.0 Å². The smallest absolute Gasteiger partial charge is 0.339 e. The molecule has 3 N–H and O–H groups in total. The summed E-state index contributed by atoms with van der Waals surface area (Å²) in [5.41, 5.74) is 3.06. The minimum absolute atomic E-state index is 0.0813. The molecule has 0 spiro atoms. The zero-order valence-corrected chi connectivity index (χ0v) is 12.4. The summed E-state index contributed by atoms with van der Waals surface area (Å²) in [5.74, 6) is -0.0813. The molecule has 0 saturated heterocycles. The molecule has 7 nitrogen and oxygen atoms in total. The fourth-order valence-corrected chi connectivity index (χ4v) is 2.08. The number of nitriles is 1. The van der Waals surface area contributed by atoms with Gasteiger partial charge >= 0.3 is 6.03 Å². The minimum Gasteiger partial charge on any atom is -0.504 e. The first-order valence-corrected chi connectivity index (χ1v) is 6.99. The number of anilines is 1. The first-order chi connectivity index (χ1) is 11.7. The molecule has 0 saturated carbocycles. The fraction of sp³-hybridized carbons (Fsp3) is 0. The van der Waals surface area contributed by atoms with E-state index in [1.165, 1.54) is 12.1 Å². The lowest BCUT2D eigenvalue weighted by Crippen LogP contribution is -2.27. The molecule has 1 heterocycles. The zero-order valence-electron chi connectivity index (χ0n) is 12.4. The van der Waals surface area contributed by atoms with Gasteiger partial charge in [-0.2, -0.15) is 5.26 Å². The monoisotopic (exact) mass is 320 g/mol. The first-order valence-electron chi connectivity index (χ1n) is 6.99. The lowest BCUT2D eigenvalue weighted by atomic mass is 10.2. The van der Waals surface area contributed by atoms with E-state index < -0.39 is 6.03 Å². The van der Waals surface area contributed by atoms with Crippen LogP contribution in [-0.4, -0.2) is 11.1 Å². The van der Waals surface area contributed by atoms with Gasteiger partial charge in [-0.1, -0.05) is 30.3 Å². The topological polar surface area (TPSA) is 111 Å². The van der Waals surface area contributed by atoms with Crippen LogP contribution in [0.2, 0.25) is 0 Å². The lowest BCUT2D eigenvalue weighted by Gasteiger charge is -2.04. The Balaban J connectivity index is 1.90. The number of nitrogens with one attached hydrogen (secondary N) is 2. The summed E-state index contributed by atoms with van der Waals surface area (Å²) in [4.78, 5) is 11.8. The molecule has 0 atom stereocenters. The van der Waals surface area contributed by atoms with Gasteiger partial charge in [-0.15, -0.1) is 5.10 Å². The van der Waals surface area contributed by atoms with Crippen LogP contribution in [0.15, 0.2) is 64.1 Å². The van der Waals surface area contributed by atoms with Crippen molar-refractivity contribution in [3.63, 3.8) is 0 Å². The van der Waals surface area contributed by atoms with Gasteiger partial charge in [0.15, 0.2) is 11.3 Å². The molecule has 118 valence electrons. The maximum atomic E-state index is 11.8. The van der Waals surface area contributed by atoms with Gasteiger partial charge < -0.3 is 14.8 Å². The molecule has 2 aromatic carbocycles. The van der Waals surface area contributed by atoms with Crippen molar-refractivity contribution in [1.29, 1.82) is 5.26 Å². The highest BCUT2D eigenvalue weighted by atomic mass is 16.4. The number of amides is 2. The van der Waals surface area contributed by atoms with Crippen LogP contribution in [0.3, 0.4) is 0 Å². The average molecular weight is 320 g/mol. The van der Waals surface area contributed by atoms with Gasteiger partial charge in [-0.25, -0.2) is 10.2 Å². The molecule has 24 heavy (non-hydrogen) atoms. The second-order valence-corrected chi connectivity index (χ2v) is 4.82. The third-order valence-electron chi connectivity index (χ3n) is 3.16. The number of phenols is 1. The molecule has 0 aliphatic carbocycles. The number of para-hydroxylation sites is 2. The molecule has 3 aromatic rings. The highest BCUT2D eigenvalue weighted by molar-refractivity contribution is 5.88. The molecular formula is C17H12N4O3. The Bertz CT molecular complexity index is 1000. The average Bonchev–Trinajstić information content (AvgIpc) is 2.60. The number of benzene rings is 2. The van der Waals surface area contributed by atoms with Crippen LogP contribution in [0.4, 0.5) is 10.5 Å². The second-order valence-electron chi connectivity index (χ2n) is 4.82.